The van der Waals surface area contributed by atoms with Crippen LogP contribution in [-0.4, -0.2) is 26.8 Å². The largest absolute Gasteiger partial charge is 0.326 e. The summed E-state index contributed by atoms with van der Waals surface area (Å²) in [5.41, 5.74) is 1.59. The molecule has 0 unspecified atom stereocenters. The van der Waals surface area contributed by atoms with Crippen LogP contribution in [0.5, 0.6) is 0 Å². The van der Waals surface area contributed by atoms with Gasteiger partial charge in [-0.3, -0.25) is 14.3 Å². The van der Waals surface area contributed by atoms with Crippen LogP contribution >= 0.6 is 0 Å². The Morgan fingerprint density at radius 2 is 1.79 bits per heavy atom. The van der Waals surface area contributed by atoms with Crippen molar-refractivity contribution in [3.8, 4) is 0 Å². The molecule has 2 amide bonds. The van der Waals surface area contributed by atoms with Crippen LogP contribution in [0.2, 0.25) is 0 Å². The number of benzene rings is 2. The lowest BCUT2D eigenvalue weighted by molar-refractivity contribution is -0.119. The van der Waals surface area contributed by atoms with E-state index in [0.717, 1.165) is 6.42 Å². The zero-order chi connectivity index (χ0) is 20.3. The Labute approximate surface area is 164 Å². The highest BCUT2D eigenvalue weighted by atomic mass is 32.2. The molecule has 0 spiro atoms. The van der Waals surface area contributed by atoms with E-state index in [2.05, 4.69) is 10.0 Å². The molecular formula is C20H23N3O4S. The van der Waals surface area contributed by atoms with E-state index in [4.69, 9.17) is 0 Å². The second kappa shape index (κ2) is 8.02. The maximum atomic E-state index is 12.7. The number of sulfonamides is 1. The average Bonchev–Trinajstić information content (AvgIpc) is 3.08. The molecule has 148 valence electrons. The molecule has 1 saturated heterocycles. The lowest BCUT2D eigenvalue weighted by atomic mass is 10.2. The van der Waals surface area contributed by atoms with Crippen molar-refractivity contribution in [2.24, 2.45) is 5.92 Å². The van der Waals surface area contributed by atoms with Crippen LogP contribution in [0.25, 0.3) is 0 Å². The third-order valence-corrected chi connectivity index (χ3v) is 5.84. The monoisotopic (exact) mass is 401 g/mol. The molecule has 1 fully saturated rings. The second-order valence-electron chi connectivity index (χ2n) is 6.97. The van der Waals surface area contributed by atoms with Crippen LogP contribution in [0.4, 0.5) is 17.1 Å². The molecule has 0 aromatic heterocycles. The van der Waals surface area contributed by atoms with Gasteiger partial charge in [0.05, 0.1) is 10.6 Å². The fraction of sp³-hybridized carbons (Fsp3) is 0.300. The zero-order valence-corrected chi connectivity index (χ0v) is 16.6. The molecule has 7 nitrogen and oxygen atoms in total. The molecule has 0 saturated carbocycles. The van der Waals surface area contributed by atoms with Gasteiger partial charge < -0.3 is 10.2 Å². The fourth-order valence-electron chi connectivity index (χ4n) is 2.88. The molecule has 2 N–H and O–H groups in total. The SMILES string of the molecule is CC(C)C(=O)Nc1ccc(S(=O)(=O)Nc2cccc(N3CCCC3=O)c2)cc1. The van der Waals surface area contributed by atoms with Crippen LogP contribution in [0.3, 0.4) is 0 Å². The van der Waals surface area contributed by atoms with Gasteiger partial charge in [-0.1, -0.05) is 19.9 Å². The standard InChI is InChI=1S/C20H23N3O4S/c1-14(2)20(25)21-15-8-10-18(11-9-15)28(26,27)22-16-5-3-6-17(13-16)23-12-4-7-19(23)24/h3,5-6,8-11,13-14,22H,4,7,12H2,1-2H3,(H,21,25). The Bertz CT molecular complexity index is 985. The summed E-state index contributed by atoms with van der Waals surface area (Å²) in [6.07, 6.45) is 1.31. The molecule has 1 aliphatic rings. The second-order valence-corrected chi connectivity index (χ2v) is 8.66. The molecule has 0 atom stereocenters. The third-order valence-electron chi connectivity index (χ3n) is 4.44. The van der Waals surface area contributed by atoms with E-state index in [1.807, 2.05) is 0 Å². The summed E-state index contributed by atoms with van der Waals surface area (Å²) in [6.45, 7) is 4.20. The first-order valence-electron chi connectivity index (χ1n) is 9.10. The van der Waals surface area contributed by atoms with Crippen molar-refractivity contribution >= 4 is 38.9 Å². The summed E-state index contributed by atoms with van der Waals surface area (Å²) in [6, 6.07) is 12.8. The van der Waals surface area contributed by atoms with Gasteiger partial charge in [0, 0.05) is 30.3 Å². The Balaban J connectivity index is 1.75. The summed E-state index contributed by atoms with van der Waals surface area (Å²) in [4.78, 5) is 25.4. The van der Waals surface area contributed by atoms with E-state index in [1.54, 1.807) is 55.1 Å². The molecule has 2 aromatic rings. The normalized spacial score (nSPS) is 14.4. The highest BCUT2D eigenvalue weighted by molar-refractivity contribution is 7.92. The molecule has 1 heterocycles. The number of carbonyl (C=O) groups excluding carboxylic acids is 2. The van der Waals surface area contributed by atoms with Crippen molar-refractivity contribution in [3.63, 3.8) is 0 Å². The van der Waals surface area contributed by atoms with Gasteiger partial charge in [0.2, 0.25) is 11.8 Å². The van der Waals surface area contributed by atoms with Gasteiger partial charge >= 0.3 is 0 Å². The number of hydrogen-bond acceptors (Lipinski definition) is 4. The first-order valence-corrected chi connectivity index (χ1v) is 10.6. The summed E-state index contributed by atoms with van der Waals surface area (Å²) in [5, 5.41) is 2.72. The van der Waals surface area contributed by atoms with Crippen molar-refractivity contribution < 1.29 is 18.0 Å². The molecule has 0 aliphatic carbocycles. The van der Waals surface area contributed by atoms with Crippen molar-refractivity contribution in [1.29, 1.82) is 0 Å². The van der Waals surface area contributed by atoms with Gasteiger partial charge in [0.1, 0.15) is 0 Å². The Hall–Kier alpha value is -2.87. The lowest BCUT2D eigenvalue weighted by Gasteiger charge is -2.17. The number of rotatable bonds is 6. The first-order chi connectivity index (χ1) is 13.3. The van der Waals surface area contributed by atoms with E-state index >= 15 is 0 Å². The van der Waals surface area contributed by atoms with Gasteiger partial charge in [0.25, 0.3) is 10.0 Å². The number of amides is 2. The van der Waals surface area contributed by atoms with Gasteiger partial charge in [-0.2, -0.15) is 0 Å². The van der Waals surface area contributed by atoms with Gasteiger partial charge in [-0.25, -0.2) is 8.42 Å². The highest BCUT2D eigenvalue weighted by Gasteiger charge is 2.22. The predicted octanol–water partition coefficient (Wildman–Crippen LogP) is 3.21. The molecular weight excluding hydrogens is 378 g/mol. The Morgan fingerprint density at radius 1 is 1.07 bits per heavy atom. The van der Waals surface area contributed by atoms with E-state index in [9.17, 15) is 18.0 Å². The van der Waals surface area contributed by atoms with E-state index in [0.29, 0.717) is 30.0 Å². The number of carbonyl (C=O) groups is 2. The van der Waals surface area contributed by atoms with Crippen LogP contribution in [0.1, 0.15) is 26.7 Å². The number of nitrogens with zero attached hydrogens (tertiary/aromatic N) is 1. The van der Waals surface area contributed by atoms with E-state index in [-0.39, 0.29) is 22.6 Å². The summed E-state index contributed by atoms with van der Waals surface area (Å²) >= 11 is 0. The highest BCUT2D eigenvalue weighted by Crippen LogP contribution is 2.26. The Morgan fingerprint density at radius 3 is 2.39 bits per heavy atom. The maximum absolute atomic E-state index is 12.7. The lowest BCUT2D eigenvalue weighted by Crippen LogP contribution is -2.23. The van der Waals surface area contributed by atoms with Gasteiger partial charge in [-0.05, 0) is 48.9 Å². The van der Waals surface area contributed by atoms with Crippen molar-refractivity contribution in [3.05, 3.63) is 48.5 Å². The number of anilines is 3. The van der Waals surface area contributed by atoms with Crippen molar-refractivity contribution in [2.75, 3.05) is 21.5 Å². The maximum Gasteiger partial charge on any atom is 0.261 e. The Kier molecular flexibility index (Phi) is 5.69. The smallest absolute Gasteiger partial charge is 0.261 e. The first kappa shape index (κ1) is 19.9. The minimum Gasteiger partial charge on any atom is -0.326 e. The van der Waals surface area contributed by atoms with Crippen LogP contribution in [0.15, 0.2) is 53.4 Å². The van der Waals surface area contributed by atoms with Crippen molar-refractivity contribution in [1.82, 2.24) is 0 Å². The van der Waals surface area contributed by atoms with E-state index in [1.165, 1.54) is 12.1 Å². The van der Waals surface area contributed by atoms with Gasteiger partial charge in [-0.15, -0.1) is 0 Å². The fourth-order valence-corrected chi connectivity index (χ4v) is 3.93. The van der Waals surface area contributed by atoms with Crippen LogP contribution in [0, 0.1) is 5.92 Å². The minimum atomic E-state index is -3.79. The number of nitrogens with one attached hydrogen (secondary N) is 2. The van der Waals surface area contributed by atoms with Crippen molar-refractivity contribution in [2.45, 2.75) is 31.6 Å². The molecule has 3 rings (SSSR count). The molecule has 0 radical (unpaired) electrons. The quantitative estimate of drug-likeness (QED) is 0.777. The van der Waals surface area contributed by atoms with E-state index < -0.39 is 10.0 Å². The van der Waals surface area contributed by atoms with Crippen LogP contribution in [-0.2, 0) is 19.6 Å². The summed E-state index contributed by atoms with van der Waals surface area (Å²) in [7, 11) is -3.79. The number of hydrogen-bond donors (Lipinski definition) is 2. The molecule has 1 aliphatic heterocycles. The summed E-state index contributed by atoms with van der Waals surface area (Å²) < 4.78 is 27.9. The zero-order valence-electron chi connectivity index (χ0n) is 15.8. The van der Waals surface area contributed by atoms with Gasteiger partial charge in [0.15, 0.2) is 0 Å². The average molecular weight is 401 g/mol. The topological polar surface area (TPSA) is 95.6 Å². The minimum absolute atomic E-state index is 0.0408. The molecule has 2 aromatic carbocycles. The molecule has 28 heavy (non-hydrogen) atoms. The molecule has 0 bridgehead atoms. The third kappa shape index (κ3) is 4.51. The molecule has 8 heteroatoms. The predicted molar refractivity (Wildman–Crippen MR) is 109 cm³/mol. The summed E-state index contributed by atoms with van der Waals surface area (Å²) in [5.74, 6) is -0.263. The van der Waals surface area contributed by atoms with Crippen LogP contribution < -0.4 is 14.9 Å².